The summed E-state index contributed by atoms with van der Waals surface area (Å²) in [6.45, 7) is 1.99. The number of carbonyl (C=O) groups is 1. The molecule has 0 aliphatic rings. The quantitative estimate of drug-likeness (QED) is 0.463. The van der Waals surface area contributed by atoms with Gasteiger partial charge in [0.2, 0.25) is 17.8 Å². The number of fused-ring (bicyclic) bond motifs is 1. The van der Waals surface area contributed by atoms with Gasteiger partial charge in [-0.3, -0.25) is 9.89 Å². The number of amides is 1. The molecule has 0 fully saturated rings. The molecule has 4 N–H and O–H groups in total. The van der Waals surface area contributed by atoms with E-state index in [1.54, 1.807) is 0 Å². The zero-order valence-electron chi connectivity index (χ0n) is 16.0. The highest BCUT2D eigenvalue weighted by Crippen LogP contribution is 2.26. The lowest BCUT2D eigenvalue weighted by Gasteiger charge is -2.17. The summed E-state index contributed by atoms with van der Waals surface area (Å²) >= 11 is 0. The number of aryl methyl sites for hydroxylation is 1. The molecule has 0 saturated heterocycles. The summed E-state index contributed by atoms with van der Waals surface area (Å²) in [7, 11) is 1.89. The van der Waals surface area contributed by atoms with Crippen molar-refractivity contribution in [3.63, 3.8) is 0 Å². The molecule has 0 radical (unpaired) electrons. The molecule has 9 nitrogen and oxygen atoms in total. The molecule has 0 bridgehead atoms. The van der Waals surface area contributed by atoms with Gasteiger partial charge in [0.15, 0.2) is 0 Å². The molecule has 0 aliphatic carbocycles. The van der Waals surface area contributed by atoms with Crippen LogP contribution in [0.1, 0.15) is 11.3 Å². The van der Waals surface area contributed by atoms with Crippen LogP contribution < -0.4 is 16.0 Å². The Labute approximate surface area is 167 Å². The number of nitrogens with one attached hydrogen (secondary N) is 2. The summed E-state index contributed by atoms with van der Waals surface area (Å²) < 4.78 is 0. The lowest BCUT2D eigenvalue weighted by molar-refractivity contribution is -0.117. The van der Waals surface area contributed by atoms with Crippen LogP contribution in [-0.2, 0) is 11.2 Å². The van der Waals surface area contributed by atoms with E-state index in [0.717, 1.165) is 33.5 Å². The highest BCUT2D eigenvalue weighted by Gasteiger charge is 2.11. The first-order valence-electron chi connectivity index (χ1n) is 9.01. The van der Waals surface area contributed by atoms with E-state index < -0.39 is 0 Å². The van der Waals surface area contributed by atoms with E-state index in [9.17, 15) is 4.79 Å². The van der Waals surface area contributed by atoms with Crippen LogP contribution in [0.2, 0.25) is 0 Å². The van der Waals surface area contributed by atoms with E-state index in [0.29, 0.717) is 11.9 Å². The number of benzene rings is 2. The van der Waals surface area contributed by atoms with Crippen LogP contribution >= 0.6 is 0 Å². The molecule has 0 atom stereocenters. The van der Waals surface area contributed by atoms with Gasteiger partial charge < -0.3 is 16.0 Å². The Morgan fingerprint density at radius 3 is 2.72 bits per heavy atom. The van der Waals surface area contributed by atoms with Crippen molar-refractivity contribution >= 4 is 40.1 Å². The van der Waals surface area contributed by atoms with Crippen molar-refractivity contribution in [1.29, 1.82) is 0 Å². The summed E-state index contributed by atoms with van der Waals surface area (Å²) in [5.74, 6) is 0.555. The van der Waals surface area contributed by atoms with E-state index in [2.05, 4.69) is 30.5 Å². The van der Waals surface area contributed by atoms with E-state index >= 15 is 0 Å². The van der Waals surface area contributed by atoms with Gasteiger partial charge in [0.25, 0.3) is 0 Å². The van der Waals surface area contributed by atoms with Gasteiger partial charge in [0.05, 0.1) is 11.9 Å². The molecule has 2 heterocycles. The first kappa shape index (κ1) is 18.4. The van der Waals surface area contributed by atoms with E-state index in [-0.39, 0.29) is 12.3 Å². The predicted molar refractivity (Wildman–Crippen MR) is 111 cm³/mol. The van der Waals surface area contributed by atoms with Gasteiger partial charge in [-0.15, -0.1) is 0 Å². The number of rotatable bonds is 6. The number of aromatic amines is 1. The lowest BCUT2D eigenvalue weighted by Crippen LogP contribution is -2.14. The van der Waals surface area contributed by atoms with Crippen LogP contribution in [0.3, 0.4) is 0 Å². The first-order valence-corrected chi connectivity index (χ1v) is 9.01. The fraction of sp³-hybridized carbons (Fsp3) is 0.150. The maximum Gasteiger partial charge on any atom is 0.234 e. The third-order valence-electron chi connectivity index (χ3n) is 4.56. The Bertz CT molecular complexity index is 1170. The molecular formula is C20H20N8O. The van der Waals surface area contributed by atoms with Gasteiger partial charge in [-0.1, -0.05) is 12.1 Å². The number of hydrogen-bond acceptors (Lipinski definition) is 7. The van der Waals surface area contributed by atoms with Crippen LogP contribution in [0, 0.1) is 6.92 Å². The molecule has 0 aliphatic heterocycles. The first-order chi connectivity index (χ1) is 14.0. The molecule has 29 heavy (non-hydrogen) atoms. The van der Waals surface area contributed by atoms with E-state index in [4.69, 9.17) is 5.73 Å². The van der Waals surface area contributed by atoms with Crippen molar-refractivity contribution in [2.24, 2.45) is 5.73 Å². The third-order valence-corrected chi connectivity index (χ3v) is 4.56. The highest BCUT2D eigenvalue weighted by atomic mass is 16.1. The smallest absolute Gasteiger partial charge is 0.234 e. The number of primary amides is 1. The molecule has 4 aromatic rings. The van der Waals surface area contributed by atoms with Crippen molar-refractivity contribution in [3.05, 3.63) is 60.0 Å². The summed E-state index contributed by atoms with van der Waals surface area (Å²) in [6, 6.07) is 13.4. The minimum Gasteiger partial charge on any atom is -0.369 e. The number of nitrogens with zero attached hydrogens (tertiary/aromatic N) is 5. The van der Waals surface area contributed by atoms with Crippen LogP contribution in [0.5, 0.6) is 0 Å². The number of nitrogens with two attached hydrogens (primary N) is 1. The van der Waals surface area contributed by atoms with Crippen LogP contribution in [0.25, 0.3) is 10.9 Å². The maximum absolute atomic E-state index is 11.0. The summed E-state index contributed by atoms with van der Waals surface area (Å²) in [5.41, 5.74) is 9.70. The van der Waals surface area contributed by atoms with Crippen molar-refractivity contribution in [2.45, 2.75) is 13.3 Å². The number of H-pyrrole nitrogens is 1. The second kappa shape index (κ2) is 7.55. The molecule has 0 saturated carbocycles. The number of carbonyl (C=O) groups excluding carboxylic acids is 1. The zero-order valence-corrected chi connectivity index (χ0v) is 16.0. The summed E-state index contributed by atoms with van der Waals surface area (Å²) in [5, 5.41) is 11.5. The average Bonchev–Trinajstić information content (AvgIpc) is 3.09. The van der Waals surface area contributed by atoms with E-state index in [1.807, 2.05) is 61.3 Å². The van der Waals surface area contributed by atoms with Crippen LogP contribution in [0.15, 0.2) is 48.8 Å². The fourth-order valence-electron chi connectivity index (χ4n) is 3.00. The van der Waals surface area contributed by atoms with Crippen LogP contribution in [-0.4, -0.2) is 38.1 Å². The van der Waals surface area contributed by atoms with Crippen molar-refractivity contribution in [2.75, 3.05) is 17.3 Å². The Morgan fingerprint density at radius 2 is 1.97 bits per heavy atom. The highest BCUT2D eigenvalue weighted by molar-refractivity contribution is 5.85. The maximum atomic E-state index is 11.0. The summed E-state index contributed by atoms with van der Waals surface area (Å²) in [6.07, 6.45) is 1.67. The van der Waals surface area contributed by atoms with Crippen molar-refractivity contribution in [3.8, 4) is 0 Å². The molecule has 9 heteroatoms. The third kappa shape index (κ3) is 3.98. The molecule has 4 rings (SSSR count). The Balaban J connectivity index is 1.53. The molecule has 2 aromatic heterocycles. The Kier molecular flexibility index (Phi) is 4.78. The van der Waals surface area contributed by atoms with Crippen molar-refractivity contribution in [1.82, 2.24) is 25.1 Å². The van der Waals surface area contributed by atoms with Gasteiger partial charge in [-0.2, -0.15) is 10.1 Å². The van der Waals surface area contributed by atoms with Crippen LogP contribution in [0.4, 0.5) is 23.3 Å². The normalized spacial score (nSPS) is 10.8. The molecule has 0 spiro atoms. The van der Waals surface area contributed by atoms with Crippen molar-refractivity contribution < 1.29 is 4.79 Å². The van der Waals surface area contributed by atoms with Gasteiger partial charge in [-0.25, -0.2) is 9.97 Å². The minimum absolute atomic E-state index is 0.209. The van der Waals surface area contributed by atoms with Gasteiger partial charge >= 0.3 is 0 Å². The molecule has 2 aromatic carbocycles. The molecule has 1 amide bonds. The average molecular weight is 388 g/mol. The largest absolute Gasteiger partial charge is 0.369 e. The SMILES string of the molecule is Cc1[nH]nc2cc(N(C)c3ncnc(Nc4ccc(CC(N)=O)cc4)n3)ccc12. The zero-order chi connectivity index (χ0) is 20.4. The van der Waals surface area contributed by atoms with Gasteiger partial charge in [-0.05, 0) is 42.8 Å². The number of aromatic nitrogens is 5. The predicted octanol–water partition coefficient (Wildman–Crippen LogP) is 2.60. The molecular weight excluding hydrogens is 368 g/mol. The number of hydrogen-bond donors (Lipinski definition) is 3. The lowest BCUT2D eigenvalue weighted by atomic mass is 10.1. The topological polar surface area (TPSA) is 126 Å². The van der Waals surface area contributed by atoms with Gasteiger partial charge in [0.1, 0.15) is 6.33 Å². The minimum atomic E-state index is -0.362. The second-order valence-corrected chi connectivity index (χ2v) is 6.68. The summed E-state index contributed by atoms with van der Waals surface area (Å²) in [4.78, 5) is 25.8. The number of anilines is 4. The fourth-order valence-corrected chi connectivity index (χ4v) is 3.00. The second-order valence-electron chi connectivity index (χ2n) is 6.68. The van der Waals surface area contributed by atoms with Gasteiger partial charge in [0, 0.05) is 29.5 Å². The standard InChI is InChI=1S/C20H20N8O/c1-12-16-8-7-15(10-17(16)27-26-12)28(2)20-23-11-22-19(25-20)24-14-5-3-13(4-6-14)9-18(21)29/h3-8,10-11H,9H2,1-2H3,(H2,21,29)(H,26,27)(H,22,23,24,25). The monoisotopic (exact) mass is 388 g/mol. The van der Waals surface area contributed by atoms with E-state index in [1.165, 1.54) is 6.33 Å². The molecule has 0 unspecified atom stereocenters. The Hall–Kier alpha value is -4.01. The Morgan fingerprint density at radius 1 is 1.17 bits per heavy atom. The molecule has 146 valence electrons.